The zero-order chi connectivity index (χ0) is 24.9. The molecule has 1 spiro atoms. The molecule has 0 unspecified atom stereocenters. The number of H-pyrrole nitrogens is 1. The maximum Gasteiger partial charge on any atom is 0.226 e. The quantitative estimate of drug-likeness (QED) is 0.547. The number of rotatable bonds is 6. The van der Waals surface area contributed by atoms with Gasteiger partial charge in [0.25, 0.3) is 0 Å². The first kappa shape index (κ1) is 23.4. The van der Waals surface area contributed by atoms with Gasteiger partial charge in [-0.3, -0.25) is 9.69 Å². The summed E-state index contributed by atoms with van der Waals surface area (Å²) in [6.45, 7) is 3.39. The number of aromatic amines is 1. The van der Waals surface area contributed by atoms with Crippen molar-refractivity contribution in [1.82, 2.24) is 14.8 Å². The second kappa shape index (κ2) is 9.12. The molecule has 2 aliphatic heterocycles. The van der Waals surface area contributed by atoms with Gasteiger partial charge in [-0.25, -0.2) is 0 Å². The predicted octanol–water partition coefficient (Wildman–Crippen LogP) is 4.00. The lowest BCUT2D eigenvalue weighted by molar-refractivity contribution is -0.138. The van der Waals surface area contributed by atoms with Gasteiger partial charge in [0.05, 0.1) is 26.9 Å². The predicted molar refractivity (Wildman–Crippen MR) is 138 cm³/mol. The zero-order valence-electron chi connectivity index (χ0n) is 21.1. The fraction of sp³-hybridized carbons (Fsp3) is 0.483. The fourth-order valence-electron chi connectivity index (χ4n) is 6.38. The lowest BCUT2D eigenvalue weighted by atomic mass is 9.68. The van der Waals surface area contributed by atoms with Crippen LogP contribution in [-0.4, -0.2) is 66.3 Å². The van der Waals surface area contributed by atoms with E-state index in [9.17, 15) is 9.90 Å². The molecule has 3 heterocycles. The number of aromatic nitrogens is 1. The van der Waals surface area contributed by atoms with Gasteiger partial charge < -0.3 is 24.5 Å². The first-order chi connectivity index (χ1) is 17.5. The van der Waals surface area contributed by atoms with Crippen molar-refractivity contribution >= 4 is 16.8 Å². The molecule has 2 fully saturated rings. The molecule has 7 nitrogen and oxygen atoms in total. The second-order valence-corrected chi connectivity index (χ2v) is 10.7. The molecule has 36 heavy (non-hydrogen) atoms. The van der Waals surface area contributed by atoms with E-state index in [0.717, 1.165) is 68.0 Å². The van der Waals surface area contributed by atoms with Crippen LogP contribution in [0.5, 0.6) is 11.5 Å². The van der Waals surface area contributed by atoms with Crippen molar-refractivity contribution in [2.75, 3.05) is 40.5 Å². The largest absolute Gasteiger partial charge is 0.497 e. The first-order valence-corrected chi connectivity index (χ1v) is 13.0. The Kier molecular flexibility index (Phi) is 5.92. The number of ether oxygens (including phenoxy) is 2. The maximum atomic E-state index is 13.4. The summed E-state index contributed by atoms with van der Waals surface area (Å²) in [7, 11) is 3.38. The van der Waals surface area contributed by atoms with E-state index in [0.29, 0.717) is 6.54 Å². The number of aliphatic hydroxyl groups excluding tert-OH is 1. The average Bonchev–Trinajstić information content (AvgIpc) is 3.69. The van der Waals surface area contributed by atoms with Gasteiger partial charge in [0.15, 0.2) is 0 Å². The number of piperidine rings is 1. The Hall–Kier alpha value is -3.03. The third kappa shape index (κ3) is 3.95. The summed E-state index contributed by atoms with van der Waals surface area (Å²) in [6, 6.07) is 14.1. The third-order valence-electron chi connectivity index (χ3n) is 8.48. The Morgan fingerprint density at radius 3 is 2.53 bits per heavy atom. The van der Waals surface area contributed by atoms with Gasteiger partial charge in [0.2, 0.25) is 5.91 Å². The molecular weight excluding hydrogens is 454 g/mol. The van der Waals surface area contributed by atoms with Gasteiger partial charge in [-0.05, 0) is 74.2 Å². The summed E-state index contributed by atoms with van der Waals surface area (Å²) in [4.78, 5) is 21.5. The molecule has 0 bridgehead atoms. The standard InChI is InChI=1S/C29H35N3O4/c1-35-21-5-3-4-19(14-21)16-31-12-10-29(11-13-31)18-32(28(34)20-6-7-20)25(17-33)27-26(29)23-9-8-22(36-2)15-24(23)30-27/h3-5,8-9,14-15,20,25,30,33H,6-7,10-13,16-18H2,1-2H3/t25-/m0/s1. The van der Waals surface area contributed by atoms with Crippen LogP contribution in [0.4, 0.5) is 0 Å². The van der Waals surface area contributed by atoms with Gasteiger partial charge in [0, 0.05) is 47.1 Å². The van der Waals surface area contributed by atoms with Crippen molar-refractivity contribution in [2.45, 2.75) is 43.7 Å². The number of nitrogens with zero attached hydrogens (tertiary/aromatic N) is 2. The maximum absolute atomic E-state index is 13.4. The number of hydrogen-bond acceptors (Lipinski definition) is 5. The van der Waals surface area contributed by atoms with E-state index >= 15 is 0 Å². The summed E-state index contributed by atoms with van der Waals surface area (Å²) in [6.07, 6.45) is 3.86. The monoisotopic (exact) mass is 489 g/mol. The first-order valence-electron chi connectivity index (χ1n) is 13.0. The molecule has 2 aromatic carbocycles. The minimum Gasteiger partial charge on any atom is -0.497 e. The van der Waals surface area contributed by atoms with Crippen LogP contribution in [0.15, 0.2) is 42.5 Å². The molecule has 1 atom stereocenters. The zero-order valence-corrected chi connectivity index (χ0v) is 21.1. The minimum atomic E-state index is -0.327. The van der Waals surface area contributed by atoms with E-state index in [-0.39, 0.29) is 29.9 Å². The minimum absolute atomic E-state index is 0.0759. The summed E-state index contributed by atoms with van der Waals surface area (Å²) in [5.74, 6) is 2.01. The van der Waals surface area contributed by atoms with E-state index in [4.69, 9.17) is 9.47 Å². The van der Waals surface area contributed by atoms with Crippen LogP contribution in [0, 0.1) is 5.92 Å². The van der Waals surface area contributed by atoms with Crippen LogP contribution in [0.2, 0.25) is 0 Å². The van der Waals surface area contributed by atoms with E-state index < -0.39 is 0 Å². The molecule has 3 aliphatic rings. The molecule has 2 N–H and O–H groups in total. The average molecular weight is 490 g/mol. The van der Waals surface area contributed by atoms with Crippen LogP contribution in [0.1, 0.15) is 48.5 Å². The number of aliphatic hydroxyl groups is 1. The molecule has 1 saturated heterocycles. The Balaban J connectivity index is 1.35. The van der Waals surface area contributed by atoms with Crippen LogP contribution in [0.25, 0.3) is 10.9 Å². The molecule has 1 aliphatic carbocycles. The topological polar surface area (TPSA) is 78.0 Å². The van der Waals surface area contributed by atoms with Crippen LogP contribution >= 0.6 is 0 Å². The number of carbonyl (C=O) groups excluding carboxylic acids is 1. The fourth-order valence-corrected chi connectivity index (χ4v) is 6.38. The Morgan fingerprint density at radius 1 is 1.08 bits per heavy atom. The Bertz CT molecular complexity index is 1270. The number of amides is 1. The van der Waals surface area contributed by atoms with E-state index in [1.54, 1.807) is 14.2 Å². The van der Waals surface area contributed by atoms with Crippen LogP contribution in [-0.2, 0) is 16.8 Å². The van der Waals surface area contributed by atoms with Crippen molar-refractivity contribution in [1.29, 1.82) is 0 Å². The number of benzene rings is 2. The summed E-state index contributed by atoms with van der Waals surface area (Å²) >= 11 is 0. The van der Waals surface area contributed by atoms with Crippen LogP contribution < -0.4 is 9.47 Å². The van der Waals surface area contributed by atoms with Crippen molar-refractivity contribution in [3.63, 3.8) is 0 Å². The second-order valence-electron chi connectivity index (χ2n) is 10.7. The van der Waals surface area contributed by atoms with Crippen molar-refractivity contribution in [3.05, 3.63) is 59.3 Å². The Morgan fingerprint density at radius 2 is 1.83 bits per heavy atom. The molecule has 0 radical (unpaired) electrons. The number of carbonyl (C=O) groups is 1. The SMILES string of the molecule is COc1cccc(CN2CCC3(CC2)CN(C(=O)C2CC2)[C@@H](CO)c2[nH]c4cc(OC)ccc4c23)c1. The van der Waals surface area contributed by atoms with Gasteiger partial charge in [-0.1, -0.05) is 12.1 Å². The lowest BCUT2D eigenvalue weighted by Gasteiger charge is -2.50. The summed E-state index contributed by atoms with van der Waals surface area (Å²) in [5.41, 5.74) is 4.42. The summed E-state index contributed by atoms with van der Waals surface area (Å²) < 4.78 is 10.9. The highest BCUT2D eigenvalue weighted by Crippen LogP contribution is 2.50. The Labute approximate surface area is 212 Å². The normalized spacial score (nSPS) is 21.5. The molecule has 1 saturated carbocycles. The molecule has 7 heteroatoms. The molecule has 1 aromatic heterocycles. The van der Waals surface area contributed by atoms with Crippen molar-refractivity contribution in [2.24, 2.45) is 5.92 Å². The summed E-state index contributed by atoms with van der Waals surface area (Å²) in [5, 5.41) is 11.6. The smallest absolute Gasteiger partial charge is 0.226 e. The van der Waals surface area contributed by atoms with E-state index in [2.05, 4.69) is 28.1 Å². The van der Waals surface area contributed by atoms with Gasteiger partial charge in [-0.2, -0.15) is 0 Å². The third-order valence-corrected chi connectivity index (χ3v) is 8.48. The van der Waals surface area contributed by atoms with E-state index in [1.807, 2.05) is 29.2 Å². The molecule has 3 aromatic rings. The number of methoxy groups -OCH3 is 2. The van der Waals surface area contributed by atoms with Gasteiger partial charge >= 0.3 is 0 Å². The lowest BCUT2D eigenvalue weighted by Crippen LogP contribution is -2.55. The molecule has 190 valence electrons. The van der Waals surface area contributed by atoms with Crippen LogP contribution in [0.3, 0.4) is 0 Å². The highest BCUT2D eigenvalue weighted by atomic mass is 16.5. The molecule has 1 amide bonds. The number of fused-ring (bicyclic) bond motifs is 4. The molecule has 6 rings (SSSR count). The molecular formula is C29H35N3O4. The van der Waals surface area contributed by atoms with Gasteiger partial charge in [-0.15, -0.1) is 0 Å². The van der Waals surface area contributed by atoms with Crippen molar-refractivity contribution < 1.29 is 19.4 Å². The number of likely N-dealkylation sites (tertiary alicyclic amines) is 1. The van der Waals surface area contributed by atoms with Crippen molar-refractivity contribution in [3.8, 4) is 11.5 Å². The number of nitrogens with one attached hydrogen (secondary N) is 1. The van der Waals surface area contributed by atoms with Gasteiger partial charge in [0.1, 0.15) is 11.5 Å². The highest BCUT2D eigenvalue weighted by molar-refractivity contribution is 5.89. The van der Waals surface area contributed by atoms with E-state index in [1.165, 1.54) is 16.5 Å². The highest BCUT2D eigenvalue weighted by Gasteiger charge is 2.50. The number of hydrogen-bond donors (Lipinski definition) is 2.